The van der Waals surface area contributed by atoms with Crippen LogP contribution in [0, 0.1) is 0 Å². The van der Waals surface area contributed by atoms with Crippen LogP contribution in [0.25, 0.3) is 219 Å². The standard InChI is InChI=1S/C42H27N.C38H25N.C33H23N/c1-4-14-34-29(10-1)13-9-19-39(34)43-40-18-8-7-17-37(40)38-27-31(24-25-41(38)43)28-20-22-30(23-21-28)42-35-15-5-2-11-32(35)26-33-12-3-6-16-36(33)42;1-2-12-31(13-3-1)39-36-17-9-8-16-34(36)35-25-28(22-23-37(35)39)26-18-20-27(21-19-26)38-32-14-6-4-10-29(32)24-30-11-5-7-15-33(30)38;1-34-31-13-7-6-12-29(31)30-21-24(18-19-32(30)34)22-14-16-23(17-15-22)33-27-10-4-2-8-25(27)20-26-9-3-5-11-28(26)33/h1-27H;1-25H;2-21H,1H3. The van der Waals surface area contributed by atoms with E-state index in [0.717, 1.165) is 0 Å². The fourth-order valence-electron chi connectivity index (χ4n) is 18.6. The molecule has 0 saturated carbocycles. The smallest absolute Gasteiger partial charge is 0.0541 e. The first kappa shape index (κ1) is 67.7. The number of nitrogens with zero attached hydrogens (tertiary/aromatic N) is 3. The van der Waals surface area contributed by atoms with Gasteiger partial charge in [0, 0.05) is 61.5 Å². The van der Waals surface area contributed by atoms with E-state index in [1.165, 1.54) is 219 Å². The van der Waals surface area contributed by atoms with Crippen molar-refractivity contribution in [2.24, 2.45) is 7.05 Å². The number of hydrogen-bond acceptors (Lipinski definition) is 0. The van der Waals surface area contributed by atoms with Gasteiger partial charge in [0.2, 0.25) is 0 Å². The summed E-state index contributed by atoms with van der Waals surface area (Å²) in [6.07, 6.45) is 0. The quantitative estimate of drug-likeness (QED) is 0.135. The minimum atomic E-state index is 1.18. The zero-order chi connectivity index (χ0) is 76.7. The van der Waals surface area contributed by atoms with Crippen LogP contribution in [0.4, 0.5) is 0 Å². The van der Waals surface area contributed by atoms with Crippen molar-refractivity contribution in [3.63, 3.8) is 0 Å². The van der Waals surface area contributed by atoms with Crippen molar-refractivity contribution in [2.45, 2.75) is 0 Å². The molecule has 0 atom stereocenters. The van der Waals surface area contributed by atoms with Gasteiger partial charge in [0.25, 0.3) is 0 Å². The molecule has 3 heterocycles. The van der Waals surface area contributed by atoms with Crippen LogP contribution >= 0.6 is 0 Å². The molecule has 0 bridgehead atoms. The van der Waals surface area contributed by atoms with Crippen molar-refractivity contribution >= 4 is 141 Å². The van der Waals surface area contributed by atoms with Crippen LogP contribution in [-0.4, -0.2) is 13.7 Å². The van der Waals surface area contributed by atoms with Crippen LogP contribution in [0.15, 0.2) is 437 Å². The lowest BCUT2D eigenvalue weighted by atomic mass is 9.91. The first-order chi connectivity index (χ1) is 57.5. The molecule has 0 aliphatic heterocycles. The summed E-state index contributed by atoms with van der Waals surface area (Å²) >= 11 is 0. The fourth-order valence-corrected chi connectivity index (χ4v) is 18.6. The lowest BCUT2D eigenvalue weighted by Gasteiger charge is -2.13. The number of aryl methyl sites for hydroxylation is 1. The monoisotopic (exact) mass is 1470 g/mol. The first-order valence-electron chi connectivity index (χ1n) is 40.1. The number of fused-ring (bicyclic) bond motifs is 16. The van der Waals surface area contributed by atoms with Crippen molar-refractivity contribution in [3.05, 3.63) is 437 Å². The Kier molecular flexibility index (Phi) is 16.5. The van der Waals surface area contributed by atoms with E-state index < -0.39 is 0 Å². The second-order valence-corrected chi connectivity index (χ2v) is 30.6. The highest BCUT2D eigenvalue weighted by Crippen LogP contribution is 2.45. The van der Waals surface area contributed by atoms with Crippen LogP contribution in [0.3, 0.4) is 0 Å². The van der Waals surface area contributed by atoms with E-state index >= 15 is 0 Å². The molecule has 0 spiro atoms. The molecule has 116 heavy (non-hydrogen) atoms. The van der Waals surface area contributed by atoms with Crippen molar-refractivity contribution in [1.29, 1.82) is 0 Å². The van der Waals surface area contributed by atoms with Crippen molar-refractivity contribution in [1.82, 2.24) is 13.7 Å². The van der Waals surface area contributed by atoms with E-state index in [9.17, 15) is 0 Å². The van der Waals surface area contributed by atoms with Gasteiger partial charge in [-0.15, -0.1) is 0 Å². The average Bonchev–Trinajstić information content (AvgIpc) is 1.56. The predicted octanol–water partition coefficient (Wildman–Crippen LogP) is 31.0. The molecule has 0 N–H and O–H groups in total. The van der Waals surface area contributed by atoms with Crippen molar-refractivity contribution in [2.75, 3.05) is 0 Å². The van der Waals surface area contributed by atoms with Gasteiger partial charge < -0.3 is 13.7 Å². The van der Waals surface area contributed by atoms with Gasteiger partial charge in [0.15, 0.2) is 0 Å². The Balaban J connectivity index is 0.000000106. The normalized spacial score (nSPS) is 11.7. The molecule has 21 aromatic carbocycles. The van der Waals surface area contributed by atoms with Gasteiger partial charge in [-0.1, -0.05) is 346 Å². The molecule has 0 saturated heterocycles. The van der Waals surface area contributed by atoms with Gasteiger partial charge in [-0.3, -0.25) is 0 Å². The summed E-state index contributed by atoms with van der Waals surface area (Å²) in [5.74, 6) is 0. The Hall–Kier alpha value is -15.2. The Bertz CT molecular complexity index is 7830. The molecule has 0 unspecified atom stereocenters. The van der Waals surface area contributed by atoms with Crippen LogP contribution in [-0.2, 0) is 7.05 Å². The number of para-hydroxylation sites is 4. The molecule has 0 amide bonds. The summed E-state index contributed by atoms with van der Waals surface area (Å²) in [4.78, 5) is 0. The maximum Gasteiger partial charge on any atom is 0.0541 e. The highest BCUT2D eigenvalue weighted by atomic mass is 15.0. The van der Waals surface area contributed by atoms with Crippen molar-refractivity contribution < 1.29 is 0 Å². The summed E-state index contributed by atoms with van der Waals surface area (Å²) in [5.41, 5.74) is 24.9. The largest absolute Gasteiger partial charge is 0.344 e. The molecule has 542 valence electrons. The van der Waals surface area contributed by atoms with Gasteiger partial charge in [-0.2, -0.15) is 0 Å². The Morgan fingerprint density at radius 1 is 0.147 bits per heavy atom. The second-order valence-electron chi connectivity index (χ2n) is 30.6. The molecule has 3 aromatic heterocycles. The minimum Gasteiger partial charge on any atom is -0.344 e. The fraction of sp³-hybridized carbons (Fsp3) is 0.00885. The maximum absolute atomic E-state index is 2.42. The van der Waals surface area contributed by atoms with E-state index in [4.69, 9.17) is 0 Å². The summed E-state index contributed by atoms with van der Waals surface area (Å²) in [5, 5.41) is 25.6. The molecule has 0 radical (unpaired) electrons. The van der Waals surface area contributed by atoms with Gasteiger partial charge in [-0.05, 0) is 228 Å². The number of aromatic nitrogens is 3. The van der Waals surface area contributed by atoms with Gasteiger partial charge >= 0.3 is 0 Å². The van der Waals surface area contributed by atoms with Crippen molar-refractivity contribution in [3.8, 4) is 78.1 Å². The first-order valence-corrected chi connectivity index (χ1v) is 40.1. The van der Waals surface area contributed by atoms with Crippen LogP contribution in [0.1, 0.15) is 0 Å². The van der Waals surface area contributed by atoms with Gasteiger partial charge in [0.05, 0.1) is 27.8 Å². The molecule has 0 fully saturated rings. The topological polar surface area (TPSA) is 14.8 Å². The summed E-state index contributed by atoms with van der Waals surface area (Å²) in [6.45, 7) is 0. The van der Waals surface area contributed by atoms with E-state index in [1.54, 1.807) is 0 Å². The SMILES string of the molecule is Cn1c2ccccc2c2cc(-c3ccc(-c4c5ccccc5cc5ccccc45)cc3)ccc21.c1ccc(-n2c3ccccc3c3cc(-c4ccc(-c5c6ccccc6cc6ccccc56)cc4)ccc32)cc1.c1ccc2c(-n3c4ccccc4c4cc(-c5ccc(-c6c7ccccc7cc7ccccc67)cc5)ccc43)cccc2c1. The maximum atomic E-state index is 2.42. The number of rotatable bonds is 8. The van der Waals surface area contributed by atoms with E-state index in [2.05, 4.69) is 458 Å². The lowest BCUT2D eigenvalue weighted by Crippen LogP contribution is -1.95. The zero-order valence-corrected chi connectivity index (χ0v) is 63.9. The van der Waals surface area contributed by atoms with Crippen LogP contribution < -0.4 is 0 Å². The van der Waals surface area contributed by atoms with Gasteiger partial charge in [-0.25, -0.2) is 0 Å². The number of hydrogen-bond donors (Lipinski definition) is 0. The minimum absolute atomic E-state index is 1.18. The second kappa shape index (κ2) is 28.2. The molecule has 0 aliphatic carbocycles. The summed E-state index contributed by atoms with van der Waals surface area (Å²) in [7, 11) is 2.15. The predicted molar refractivity (Wildman–Crippen MR) is 497 cm³/mol. The van der Waals surface area contributed by atoms with Crippen LogP contribution in [0.5, 0.6) is 0 Å². The third-order valence-electron chi connectivity index (χ3n) is 24.1. The van der Waals surface area contributed by atoms with Crippen LogP contribution in [0.2, 0.25) is 0 Å². The third-order valence-corrected chi connectivity index (χ3v) is 24.1. The molecule has 24 aromatic rings. The lowest BCUT2D eigenvalue weighted by molar-refractivity contribution is 1.01. The molecule has 3 nitrogen and oxygen atoms in total. The highest BCUT2D eigenvalue weighted by Gasteiger charge is 2.20. The van der Waals surface area contributed by atoms with E-state index in [1.807, 2.05) is 0 Å². The van der Waals surface area contributed by atoms with E-state index in [-0.39, 0.29) is 0 Å². The summed E-state index contributed by atoms with van der Waals surface area (Å²) in [6, 6.07) is 159. The van der Waals surface area contributed by atoms with Gasteiger partial charge in [0.1, 0.15) is 0 Å². The molecular weight excluding hydrogens is 1400 g/mol. The average molecular weight is 1470 g/mol. The highest BCUT2D eigenvalue weighted by molar-refractivity contribution is 6.18. The Morgan fingerprint density at radius 2 is 0.397 bits per heavy atom. The Morgan fingerprint density at radius 3 is 0.793 bits per heavy atom. The summed E-state index contributed by atoms with van der Waals surface area (Å²) < 4.78 is 7.07. The number of benzene rings is 21. The molecule has 0 aliphatic rings. The molecule has 24 rings (SSSR count). The third kappa shape index (κ3) is 11.6. The molecule has 3 heteroatoms. The van der Waals surface area contributed by atoms with E-state index in [0.29, 0.717) is 0 Å². The molecular formula is C113H75N3. The zero-order valence-electron chi connectivity index (χ0n) is 63.9. The Labute approximate surface area is 671 Å².